The summed E-state index contributed by atoms with van der Waals surface area (Å²) >= 11 is 0. The second-order valence-electron chi connectivity index (χ2n) is 5.95. The second kappa shape index (κ2) is 5.53. The highest BCUT2D eigenvalue weighted by molar-refractivity contribution is 7.89. The largest absolute Gasteiger partial charge is 0.399 e. The Balaban J connectivity index is 2.52. The van der Waals surface area contributed by atoms with E-state index in [1.807, 2.05) is 13.8 Å². The average molecular weight is 318 g/mol. The van der Waals surface area contributed by atoms with Gasteiger partial charge in [-0.25, -0.2) is 17.2 Å². The predicted molar refractivity (Wildman–Crippen MR) is 77.1 cm³/mol. The van der Waals surface area contributed by atoms with Gasteiger partial charge in [-0.05, 0) is 37.3 Å². The number of piperidine rings is 1. The van der Waals surface area contributed by atoms with Crippen LogP contribution in [0.1, 0.15) is 27.2 Å². The number of halogens is 2. The third-order valence-corrected chi connectivity index (χ3v) is 6.14. The molecule has 3 atom stereocenters. The number of benzene rings is 1. The van der Waals surface area contributed by atoms with Crippen molar-refractivity contribution >= 4 is 15.7 Å². The van der Waals surface area contributed by atoms with Gasteiger partial charge in [0.25, 0.3) is 0 Å². The van der Waals surface area contributed by atoms with E-state index in [4.69, 9.17) is 5.73 Å². The highest BCUT2D eigenvalue weighted by atomic mass is 32.2. The molecule has 4 nitrogen and oxygen atoms in total. The highest BCUT2D eigenvalue weighted by Crippen LogP contribution is 2.33. The molecule has 0 spiro atoms. The summed E-state index contributed by atoms with van der Waals surface area (Å²) in [6.45, 7) is 5.90. The molecule has 0 bridgehead atoms. The summed E-state index contributed by atoms with van der Waals surface area (Å²) < 4.78 is 54.4. The molecule has 118 valence electrons. The van der Waals surface area contributed by atoms with Gasteiger partial charge in [0.15, 0.2) is 4.90 Å². The highest BCUT2D eigenvalue weighted by Gasteiger charge is 2.39. The van der Waals surface area contributed by atoms with Gasteiger partial charge in [-0.3, -0.25) is 0 Å². The molecule has 21 heavy (non-hydrogen) atoms. The van der Waals surface area contributed by atoms with Crippen LogP contribution >= 0.6 is 0 Å². The van der Waals surface area contributed by atoms with E-state index in [1.165, 1.54) is 4.31 Å². The maximum atomic E-state index is 14.0. The summed E-state index contributed by atoms with van der Waals surface area (Å²) in [5.41, 5.74) is 5.19. The smallest absolute Gasteiger partial charge is 0.249 e. The maximum Gasteiger partial charge on any atom is 0.249 e. The number of anilines is 1. The Hall–Kier alpha value is -1.21. The lowest BCUT2D eigenvalue weighted by molar-refractivity contribution is 0.157. The van der Waals surface area contributed by atoms with Crippen LogP contribution < -0.4 is 5.73 Å². The van der Waals surface area contributed by atoms with Gasteiger partial charge < -0.3 is 5.73 Å². The van der Waals surface area contributed by atoms with Crippen LogP contribution in [0.4, 0.5) is 14.5 Å². The molecule has 0 aromatic heterocycles. The van der Waals surface area contributed by atoms with Crippen LogP contribution in [0.5, 0.6) is 0 Å². The monoisotopic (exact) mass is 318 g/mol. The summed E-state index contributed by atoms with van der Waals surface area (Å²) in [7, 11) is -4.23. The SMILES string of the molecule is CC1CC(C)C(C)N(S(=O)(=O)c2c(F)cc(N)cc2F)C1. The lowest BCUT2D eigenvalue weighted by atomic mass is 9.88. The van der Waals surface area contributed by atoms with Crippen LogP contribution in [0.3, 0.4) is 0 Å². The maximum absolute atomic E-state index is 14.0. The summed E-state index contributed by atoms with van der Waals surface area (Å²) in [6.07, 6.45) is 0.889. The molecule has 0 amide bonds. The van der Waals surface area contributed by atoms with Crippen molar-refractivity contribution in [1.29, 1.82) is 0 Å². The molecule has 7 heteroatoms. The minimum Gasteiger partial charge on any atom is -0.399 e. The number of nitrogen functional groups attached to an aromatic ring is 1. The zero-order valence-corrected chi connectivity index (χ0v) is 13.1. The zero-order valence-electron chi connectivity index (χ0n) is 12.3. The molecule has 2 N–H and O–H groups in total. The van der Waals surface area contributed by atoms with Crippen molar-refractivity contribution in [2.75, 3.05) is 12.3 Å². The summed E-state index contributed by atoms with van der Waals surface area (Å²) in [5.74, 6) is -2.02. The van der Waals surface area contributed by atoms with Crippen LogP contribution in [0.2, 0.25) is 0 Å². The molecule has 1 aromatic carbocycles. The number of hydrogen-bond donors (Lipinski definition) is 1. The van der Waals surface area contributed by atoms with Crippen molar-refractivity contribution in [2.24, 2.45) is 11.8 Å². The van der Waals surface area contributed by atoms with Gasteiger partial charge in [-0.15, -0.1) is 0 Å². The summed E-state index contributed by atoms with van der Waals surface area (Å²) in [5, 5.41) is 0. The van der Waals surface area contributed by atoms with Crippen LogP contribution in [-0.2, 0) is 10.0 Å². The fourth-order valence-corrected chi connectivity index (χ4v) is 4.87. The molecule has 0 saturated carbocycles. The molecule has 1 saturated heterocycles. The topological polar surface area (TPSA) is 63.4 Å². The zero-order chi connectivity index (χ0) is 15.9. The summed E-state index contributed by atoms with van der Waals surface area (Å²) in [6, 6.07) is 1.36. The molecular weight excluding hydrogens is 298 g/mol. The molecule has 2 rings (SSSR count). The molecular formula is C14H20F2N2O2S. The van der Waals surface area contributed by atoms with Crippen LogP contribution in [0.15, 0.2) is 17.0 Å². The first-order chi connectivity index (χ1) is 9.64. The Morgan fingerprint density at radius 3 is 2.24 bits per heavy atom. The van der Waals surface area contributed by atoms with Gasteiger partial charge in [0.2, 0.25) is 10.0 Å². The van der Waals surface area contributed by atoms with E-state index in [-0.39, 0.29) is 30.1 Å². The Morgan fingerprint density at radius 2 is 1.71 bits per heavy atom. The molecule has 1 heterocycles. The van der Waals surface area contributed by atoms with E-state index >= 15 is 0 Å². The lowest BCUT2D eigenvalue weighted by Crippen LogP contribution is -2.49. The first kappa shape index (κ1) is 16.2. The fourth-order valence-electron chi connectivity index (χ4n) is 2.92. The van der Waals surface area contributed by atoms with E-state index in [0.29, 0.717) is 0 Å². The third-order valence-electron chi connectivity index (χ3n) is 4.13. The van der Waals surface area contributed by atoms with Crippen molar-refractivity contribution < 1.29 is 17.2 Å². The van der Waals surface area contributed by atoms with Gasteiger partial charge in [0, 0.05) is 18.3 Å². The van der Waals surface area contributed by atoms with Gasteiger partial charge in [-0.2, -0.15) is 4.31 Å². The number of hydrogen-bond acceptors (Lipinski definition) is 3. The van der Waals surface area contributed by atoms with Crippen LogP contribution in [0.25, 0.3) is 0 Å². The van der Waals surface area contributed by atoms with Crippen molar-refractivity contribution in [3.8, 4) is 0 Å². The molecule has 0 aliphatic carbocycles. The number of nitrogens with zero attached hydrogens (tertiary/aromatic N) is 1. The first-order valence-corrected chi connectivity index (χ1v) is 8.35. The van der Waals surface area contributed by atoms with Gasteiger partial charge in [-0.1, -0.05) is 13.8 Å². The van der Waals surface area contributed by atoms with Crippen molar-refractivity contribution in [3.05, 3.63) is 23.8 Å². The van der Waals surface area contributed by atoms with Crippen molar-refractivity contribution in [2.45, 2.75) is 38.1 Å². The van der Waals surface area contributed by atoms with Crippen molar-refractivity contribution in [3.63, 3.8) is 0 Å². The van der Waals surface area contributed by atoms with Gasteiger partial charge in [0.05, 0.1) is 0 Å². The van der Waals surface area contributed by atoms with E-state index in [0.717, 1.165) is 18.6 Å². The average Bonchev–Trinajstić information content (AvgIpc) is 2.31. The van der Waals surface area contributed by atoms with E-state index in [2.05, 4.69) is 0 Å². The molecule has 1 aliphatic heterocycles. The Labute approximate surface area is 124 Å². The van der Waals surface area contributed by atoms with E-state index in [9.17, 15) is 17.2 Å². The van der Waals surface area contributed by atoms with Crippen molar-refractivity contribution in [1.82, 2.24) is 4.31 Å². The summed E-state index contributed by atoms with van der Waals surface area (Å²) in [4.78, 5) is -0.912. The quantitative estimate of drug-likeness (QED) is 0.853. The second-order valence-corrected chi connectivity index (χ2v) is 7.77. The number of nitrogens with two attached hydrogens (primary N) is 1. The van der Waals surface area contributed by atoms with Gasteiger partial charge in [0.1, 0.15) is 11.6 Å². The number of sulfonamides is 1. The Morgan fingerprint density at radius 1 is 1.19 bits per heavy atom. The van der Waals surface area contributed by atoms with Gasteiger partial charge >= 0.3 is 0 Å². The molecule has 1 aliphatic rings. The molecule has 1 fully saturated rings. The van der Waals surface area contributed by atoms with Crippen LogP contribution in [-0.4, -0.2) is 25.3 Å². The Kier molecular flexibility index (Phi) is 4.26. The minimum absolute atomic E-state index is 0.128. The predicted octanol–water partition coefficient (Wildman–Crippen LogP) is 2.60. The first-order valence-electron chi connectivity index (χ1n) is 6.91. The number of rotatable bonds is 2. The molecule has 3 unspecified atom stereocenters. The molecule has 1 aromatic rings. The third kappa shape index (κ3) is 2.89. The van der Waals surface area contributed by atoms with Crippen LogP contribution in [0, 0.1) is 23.5 Å². The normalized spacial score (nSPS) is 27.8. The lowest BCUT2D eigenvalue weighted by Gasteiger charge is -2.40. The minimum atomic E-state index is -4.23. The standard InChI is InChI=1S/C14H20F2N2O2S/c1-8-4-9(2)10(3)18(7-8)21(19,20)14-12(15)5-11(17)6-13(14)16/h5-6,8-10H,4,7,17H2,1-3H3. The van der Waals surface area contributed by atoms with E-state index in [1.54, 1.807) is 6.92 Å². The fraction of sp³-hybridized carbons (Fsp3) is 0.571. The Bertz CT molecular complexity index is 625. The van der Waals surface area contributed by atoms with E-state index < -0.39 is 26.6 Å². The molecule has 0 radical (unpaired) electrons.